The van der Waals surface area contributed by atoms with E-state index in [1.807, 2.05) is 0 Å². The Balaban J connectivity index is 1.62. The van der Waals surface area contributed by atoms with Crippen molar-refractivity contribution in [2.24, 2.45) is 0 Å². The van der Waals surface area contributed by atoms with E-state index in [9.17, 15) is 9.59 Å². The molecule has 7 heteroatoms. The molecule has 2 aliphatic rings. The number of hydrogen-bond donors (Lipinski definition) is 2. The summed E-state index contributed by atoms with van der Waals surface area (Å²) in [5.74, 6) is -0.0655. The fourth-order valence-corrected chi connectivity index (χ4v) is 2.24. The van der Waals surface area contributed by atoms with Crippen LogP contribution >= 0.6 is 0 Å². The van der Waals surface area contributed by atoms with Crippen molar-refractivity contribution in [2.45, 2.75) is 0 Å². The number of hydrogen-bond acceptors (Lipinski definition) is 5. The monoisotopic (exact) mass is 270 g/mol. The molecule has 0 spiro atoms. The second kappa shape index (κ2) is 7.42. The summed E-state index contributed by atoms with van der Waals surface area (Å²) in [6.45, 7) is 6.16. The number of nitrogens with one attached hydrogen (secondary N) is 2. The molecule has 0 atom stereocenters. The molecular formula is C12H22N4O3. The lowest BCUT2D eigenvalue weighted by atomic mass is 10.3. The Hall–Kier alpha value is -1.18. The van der Waals surface area contributed by atoms with E-state index in [0.717, 1.165) is 26.2 Å². The van der Waals surface area contributed by atoms with Gasteiger partial charge in [0.25, 0.3) is 0 Å². The van der Waals surface area contributed by atoms with Gasteiger partial charge < -0.3 is 25.2 Å². The molecular weight excluding hydrogens is 248 g/mol. The van der Waals surface area contributed by atoms with Gasteiger partial charge in [-0.15, -0.1) is 0 Å². The minimum atomic E-state index is -0.0328. The number of nitrogens with zero attached hydrogens (tertiary/aromatic N) is 2. The Morgan fingerprint density at radius 2 is 1.16 bits per heavy atom. The van der Waals surface area contributed by atoms with Crippen LogP contribution in [0.3, 0.4) is 0 Å². The molecule has 2 heterocycles. The van der Waals surface area contributed by atoms with E-state index in [-0.39, 0.29) is 25.0 Å². The van der Waals surface area contributed by atoms with Crippen LogP contribution in [-0.2, 0) is 14.3 Å². The van der Waals surface area contributed by atoms with Crippen molar-refractivity contribution in [3.05, 3.63) is 0 Å². The maximum atomic E-state index is 11.8. The van der Waals surface area contributed by atoms with E-state index in [2.05, 4.69) is 10.6 Å². The van der Waals surface area contributed by atoms with E-state index in [1.54, 1.807) is 9.80 Å². The Morgan fingerprint density at radius 1 is 0.789 bits per heavy atom. The zero-order chi connectivity index (χ0) is 13.5. The molecule has 0 radical (unpaired) electrons. The van der Waals surface area contributed by atoms with Gasteiger partial charge in [-0.3, -0.25) is 9.59 Å². The molecule has 19 heavy (non-hydrogen) atoms. The van der Waals surface area contributed by atoms with Crippen molar-refractivity contribution in [3.63, 3.8) is 0 Å². The molecule has 2 fully saturated rings. The third-order valence-electron chi connectivity index (χ3n) is 3.39. The van der Waals surface area contributed by atoms with Crippen LogP contribution in [0.5, 0.6) is 0 Å². The summed E-state index contributed by atoms with van der Waals surface area (Å²) in [7, 11) is 0. The number of carbonyl (C=O) groups excluding carboxylic acids is 2. The van der Waals surface area contributed by atoms with Crippen LogP contribution in [0.1, 0.15) is 0 Å². The van der Waals surface area contributed by atoms with Gasteiger partial charge in [0.05, 0.1) is 0 Å². The van der Waals surface area contributed by atoms with Gasteiger partial charge in [-0.05, 0) is 0 Å². The van der Waals surface area contributed by atoms with Gasteiger partial charge in [0.15, 0.2) is 0 Å². The van der Waals surface area contributed by atoms with E-state index < -0.39 is 0 Å². The summed E-state index contributed by atoms with van der Waals surface area (Å²) in [6.07, 6.45) is 0. The minimum Gasteiger partial charge on any atom is -0.362 e. The third-order valence-corrected chi connectivity index (χ3v) is 3.39. The highest BCUT2D eigenvalue weighted by atomic mass is 16.5. The van der Waals surface area contributed by atoms with Crippen molar-refractivity contribution in [1.29, 1.82) is 0 Å². The zero-order valence-corrected chi connectivity index (χ0v) is 11.2. The highest BCUT2D eigenvalue weighted by Crippen LogP contribution is 1.96. The molecule has 0 aliphatic carbocycles. The van der Waals surface area contributed by atoms with Crippen LogP contribution in [0.25, 0.3) is 0 Å². The van der Waals surface area contributed by atoms with Gasteiger partial charge in [0.2, 0.25) is 11.8 Å². The SMILES string of the molecule is O=C(COCC(=O)N1CCNCC1)N1CCNCC1. The summed E-state index contributed by atoms with van der Waals surface area (Å²) in [6, 6.07) is 0. The second-order valence-corrected chi connectivity index (χ2v) is 4.75. The molecule has 0 bridgehead atoms. The molecule has 0 saturated carbocycles. The van der Waals surface area contributed by atoms with Crippen LogP contribution in [0.15, 0.2) is 0 Å². The molecule has 0 aromatic carbocycles. The lowest BCUT2D eigenvalue weighted by Crippen LogP contribution is -2.49. The second-order valence-electron chi connectivity index (χ2n) is 4.75. The van der Waals surface area contributed by atoms with Gasteiger partial charge in [0.1, 0.15) is 13.2 Å². The molecule has 0 aromatic rings. The molecule has 2 aliphatic heterocycles. The maximum absolute atomic E-state index is 11.8. The van der Waals surface area contributed by atoms with E-state index in [4.69, 9.17) is 4.74 Å². The van der Waals surface area contributed by atoms with Gasteiger partial charge in [0, 0.05) is 52.4 Å². The van der Waals surface area contributed by atoms with Crippen molar-refractivity contribution in [1.82, 2.24) is 20.4 Å². The van der Waals surface area contributed by atoms with Gasteiger partial charge >= 0.3 is 0 Å². The smallest absolute Gasteiger partial charge is 0.248 e. The normalized spacial score (nSPS) is 20.4. The molecule has 2 amide bonds. The Morgan fingerprint density at radius 3 is 1.53 bits per heavy atom. The minimum absolute atomic E-state index is 0.00215. The third kappa shape index (κ3) is 4.45. The number of rotatable bonds is 4. The Labute approximate surface area is 113 Å². The first-order valence-corrected chi connectivity index (χ1v) is 6.82. The van der Waals surface area contributed by atoms with Gasteiger partial charge in [-0.1, -0.05) is 0 Å². The van der Waals surface area contributed by atoms with Crippen molar-refractivity contribution in [3.8, 4) is 0 Å². The summed E-state index contributed by atoms with van der Waals surface area (Å²) in [5.41, 5.74) is 0. The molecule has 2 N–H and O–H groups in total. The van der Waals surface area contributed by atoms with Crippen LogP contribution in [0.2, 0.25) is 0 Å². The van der Waals surface area contributed by atoms with Crippen molar-refractivity contribution >= 4 is 11.8 Å². The van der Waals surface area contributed by atoms with Crippen molar-refractivity contribution in [2.75, 3.05) is 65.6 Å². The first-order valence-electron chi connectivity index (χ1n) is 6.82. The highest BCUT2D eigenvalue weighted by molar-refractivity contribution is 5.80. The standard InChI is InChI=1S/C12H22N4O3/c17-11(15-5-1-13-2-6-15)9-19-10-12(18)16-7-3-14-4-8-16/h13-14H,1-10H2. The fraction of sp³-hybridized carbons (Fsp3) is 0.833. The quantitative estimate of drug-likeness (QED) is 0.610. The van der Waals surface area contributed by atoms with Crippen LogP contribution < -0.4 is 10.6 Å². The van der Waals surface area contributed by atoms with Gasteiger partial charge in [-0.25, -0.2) is 0 Å². The maximum Gasteiger partial charge on any atom is 0.248 e. The highest BCUT2D eigenvalue weighted by Gasteiger charge is 2.19. The zero-order valence-electron chi connectivity index (χ0n) is 11.2. The molecule has 7 nitrogen and oxygen atoms in total. The van der Waals surface area contributed by atoms with Crippen LogP contribution in [0, 0.1) is 0 Å². The molecule has 108 valence electrons. The first-order chi connectivity index (χ1) is 9.27. The predicted octanol–water partition coefficient (Wildman–Crippen LogP) is -2.13. The van der Waals surface area contributed by atoms with E-state index in [0.29, 0.717) is 26.2 Å². The molecule has 2 saturated heterocycles. The Kier molecular flexibility index (Phi) is 5.56. The first kappa shape index (κ1) is 14.2. The van der Waals surface area contributed by atoms with E-state index >= 15 is 0 Å². The van der Waals surface area contributed by atoms with Crippen molar-refractivity contribution < 1.29 is 14.3 Å². The van der Waals surface area contributed by atoms with Gasteiger partial charge in [-0.2, -0.15) is 0 Å². The molecule has 2 rings (SSSR count). The summed E-state index contributed by atoms with van der Waals surface area (Å²) in [4.78, 5) is 27.1. The number of piperazine rings is 2. The number of amides is 2. The number of ether oxygens (including phenoxy) is 1. The fourth-order valence-electron chi connectivity index (χ4n) is 2.24. The topological polar surface area (TPSA) is 73.9 Å². The molecule has 0 aromatic heterocycles. The van der Waals surface area contributed by atoms with Crippen LogP contribution in [-0.4, -0.2) is 87.2 Å². The average Bonchev–Trinajstić information content (AvgIpc) is 2.49. The predicted molar refractivity (Wildman–Crippen MR) is 69.7 cm³/mol. The number of carbonyl (C=O) groups is 2. The van der Waals surface area contributed by atoms with E-state index in [1.165, 1.54) is 0 Å². The summed E-state index contributed by atoms with van der Waals surface area (Å²) < 4.78 is 5.24. The summed E-state index contributed by atoms with van der Waals surface area (Å²) >= 11 is 0. The average molecular weight is 270 g/mol. The summed E-state index contributed by atoms with van der Waals surface area (Å²) in [5, 5.41) is 6.37. The largest absolute Gasteiger partial charge is 0.362 e. The Bertz CT molecular complexity index is 282. The lowest BCUT2D eigenvalue weighted by Gasteiger charge is -2.28. The van der Waals surface area contributed by atoms with Crippen LogP contribution in [0.4, 0.5) is 0 Å². The lowest BCUT2D eigenvalue weighted by molar-refractivity contribution is -0.142. The molecule has 0 unspecified atom stereocenters.